The molecule has 2 rings (SSSR count). The van der Waals surface area contributed by atoms with Crippen molar-refractivity contribution < 1.29 is 22.3 Å². The second kappa shape index (κ2) is 6.21. The molecule has 2 N–H and O–H groups in total. The second-order valence-corrected chi connectivity index (χ2v) is 7.65. The van der Waals surface area contributed by atoms with E-state index in [2.05, 4.69) is 10.6 Å². The van der Waals surface area contributed by atoms with Crippen LogP contribution in [-0.2, 0) is 14.6 Å². The van der Waals surface area contributed by atoms with Gasteiger partial charge in [0.2, 0.25) is 5.91 Å². The van der Waals surface area contributed by atoms with Crippen LogP contribution < -0.4 is 15.4 Å². The van der Waals surface area contributed by atoms with Crippen LogP contribution in [0.25, 0.3) is 0 Å². The summed E-state index contributed by atoms with van der Waals surface area (Å²) >= 11 is 0. The quantitative estimate of drug-likeness (QED) is 0.858. The Bertz CT molecular complexity index is 669. The molecule has 1 amide bonds. The lowest BCUT2D eigenvalue weighted by Gasteiger charge is -2.34. The molecule has 8 heteroatoms. The number of methoxy groups -OCH3 is 1. The summed E-state index contributed by atoms with van der Waals surface area (Å²) in [6.45, 7) is 0.884. The van der Waals surface area contributed by atoms with Crippen LogP contribution in [0.4, 0.5) is 10.1 Å². The van der Waals surface area contributed by atoms with E-state index in [-0.39, 0.29) is 24.3 Å². The van der Waals surface area contributed by atoms with Crippen LogP contribution in [0.1, 0.15) is 12.8 Å². The number of nitrogens with one attached hydrogen (secondary N) is 2. The van der Waals surface area contributed by atoms with E-state index in [0.29, 0.717) is 13.1 Å². The Labute approximate surface area is 129 Å². The van der Waals surface area contributed by atoms with E-state index in [9.17, 15) is 17.6 Å². The van der Waals surface area contributed by atoms with E-state index in [1.54, 1.807) is 0 Å². The minimum Gasteiger partial charge on any atom is -0.494 e. The first-order valence-corrected chi connectivity index (χ1v) is 8.74. The summed E-state index contributed by atoms with van der Waals surface area (Å²) in [5.41, 5.74) is 0.199. The molecule has 6 nitrogen and oxygen atoms in total. The maximum atomic E-state index is 13.7. The lowest BCUT2D eigenvalue weighted by molar-refractivity contribution is -0.119. The zero-order valence-corrected chi connectivity index (χ0v) is 13.3. The molecule has 0 bridgehead atoms. The van der Waals surface area contributed by atoms with Gasteiger partial charge < -0.3 is 15.4 Å². The van der Waals surface area contributed by atoms with Gasteiger partial charge in [0.15, 0.2) is 26.2 Å². The van der Waals surface area contributed by atoms with Crippen LogP contribution in [-0.4, -0.2) is 45.5 Å². The van der Waals surface area contributed by atoms with Gasteiger partial charge in [0.25, 0.3) is 0 Å². The average Bonchev–Trinajstić information content (AvgIpc) is 2.47. The largest absolute Gasteiger partial charge is 0.494 e. The fourth-order valence-electron chi connectivity index (χ4n) is 2.59. The predicted molar refractivity (Wildman–Crippen MR) is 81.3 cm³/mol. The van der Waals surface area contributed by atoms with Crippen molar-refractivity contribution in [2.45, 2.75) is 17.6 Å². The molecule has 1 aromatic rings. The number of rotatable bonds is 4. The zero-order chi connectivity index (χ0) is 16.4. The van der Waals surface area contributed by atoms with Crippen LogP contribution in [0.15, 0.2) is 18.2 Å². The van der Waals surface area contributed by atoms with Gasteiger partial charge >= 0.3 is 0 Å². The number of ether oxygens (including phenoxy) is 1. The number of piperidine rings is 1. The minimum absolute atomic E-state index is 0.0534. The molecule has 1 fully saturated rings. The van der Waals surface area contributed by atoms with Crippen LogP contribution in [0.5, 0.6) is 5.75 Å². The van der Waals surface area contributed by atoms with Crippen molar-refractivity contribution in [1.29, 1.82) is 0 Å². The number of hydrogen-bond donors (Lipinski definition) is 2. The van der Waals surface area contributed by atoms with Crippen LogP contribution in [0.3, 0.4) is 0 Å². The smallest absolute Gasteiger partial charge is 0.245 e. The van der Waals surface area contributed by atoms with E-state index in [1.165, 1.54) is 19.2 Å². The first-order chi connectivity index (χ1) is 10.3. The molecule has 0 saturated carbocycles. The Balaban J connectivity index is 2.27. The van der Waals surface area contributed by atoms with Crippen molar-refractivity contribution in [3.05, 3.63) is 24.0 Å². The fraction of sp³-hybridized carbons (Fsp3) is 0.500. The van der Waals surface area contributed by atoms with Crippen LogP contribution >= 0.6 is 0 Å². The summed E-state index contributed by atoms with van der Waals surface area (Å²) in [6.07, 6.45) is 1.44. The summed E-state index contributed by atoms with van der Waals surface area (Å²) in [7, 11) is -2.26. The summed E-state index contributed by atoms with van der Waals surface area (Å²) in [6, 6.07) is 3.95. The molecular weight excluding hydrogens is 311 g/mol. The number of sulfone groups is 1. The third-order valence-corrected chi connectivity index (χ3v) is 5.96. The van der Waals surface area contributed by atoms with Crippen molar-refractivity contribution in [1.82, 2.24) is 5.32 Å². The number of carbonyl (C=O) groups excluding carboxylic acids is 1. The highest BCUT2D eigenvalue weighted by Gasteiger charge is 2.48. The molecular formula is C14H19FN2O4S. The SMILES string of the molecule is COc1ccc(NC(=O)C2(S(C)(=O)=O)CCNCC2)cc1F. The summed E-state index contributed by atoms with van der Waals surface area (Å²) < 4.78 is 41.2. The highest BCUT2D eigenvalue weighted by Crippen LogP contribution is 2.30. The van der Waals surface area contributed by atoms with Gasteiger partial charge in [0, 0.05) is 18.0 Å². The molecule has 1 saturated heterocycles. The monoisotopic (exact) mass is 330 g/mol. The molecule has 122 valence electrons. The molecule has 0 aromatic heterocycles. The van der Waals surface area contributed by atoms with Gasteiger partial charge in [0.1, 0.15) is 0 Å². The standard InChI is InChI=1S/C14H19FN2O4S/c1-21-12-4-3-10(9-11(12)15)17-13(18)14(22(2,19)20)5-7-16-8-6-14/h3-4,9,16H,5-8H2,1-2H3,(H,17,18). The molecule has 1 heterocycles. The first kappa shape index (κ1) is 16.7. The van der Waals surface area contributed by atoms with E-state index in [4.69, 9.17) is 4.74 Å². The molecule has 0 spiro atoms. The number of amides is 1. The number of benzene rings is 1. The Kier molecular flexibility index (Phi) is 4.72. The predicted octanol–water partition coefficient (Wildman–Crippen LogP) is 0.940. The number of hydrogen-bond acceptors (Lipinski definition) is 5. The third-order valence-electron chi connectivity index (χ3n) is 3.94. The topological polar surface area (TPSA) is 84.5 Å². The van der Waals surface area contributed by atoms with Crippen molar-refractivity contribution in [2.75, 3.05) is 31.8 Å². The molecule has 22 heavy (non-hydrogen) atoms. The molecule has 1 aliphatic rings. The zero-order valence-electron chi connectivity index (χ0n) is 12.5. The van der Waals surface area contributed by atoms with Crippen molar-refractivity contribution in [2.24, 2.45) is 0 Å². The molecule has 1 aromatic carbocycles. The average molecular weight is 330 g/mol. The van der Waals surface area contributed by atoms with Crippen LogP contribution in [0.2, 0.25) is 0 Å². The van der Waals surface area contributed by atoms with Gasteiger partial charge in [-0.1, -0.05) is 0 Å². The lowest BCUT2D eigenvalue weighted by atomic mass is 9.95. The highest BCUT2D eigenvalue weighted by atomic mass is 32.2. The van der Waals surface area contributed by atoms with E-state index < -0.39 is 26.3 Å². The van der Waals surface area contributed by atoms with Crippen molar-refractivity contribution >= 4 is 21.4 Å². The Morgan fingerprint density at radius 2 is 2.00 bits per heavy atom. The molecule has 0 atom stereocenters. The summed E-state index contributed by atoms with van der Waals surface area (Å²) in [4.78, 5) is 12.5. The first-order valence-electron chi connectivity index (χ1n) is 6.85. The third kappa shape index (κ3) is 3.07. The Hall–Kier alpha value is -1.67. The maximum Gasteiger partial charge on any atom is 0.245 e. The van der Waals surface area contributed by atoms with Gasteiger partial charge in [0.05, 0.1) is 7.11 Å². The number of carbonyl (C=O) groups is 1. The van der Waals surface area contributed by atoms with E-state index in [0.717, 1.165) is 12.3 Å². The number of halogens is 1. The van der Waals surface area contributed by atoms with Crippen molar-refractivity contribution in [3.8, 4) is 5.75 Å². The molecule has 0 aliphatic carbocycles. The van der Waals surface area contributed by atoms with Crippen molar-refractivity contribution in [3.63, 3.8) is 0 Å². The molecule has 0 radical (unpaired) electrons. The number of anilines is 1. The maximum absolute atomic E-state index is 13.7. The Morgan fingerprint density at radius 1 is 1.36 bits per heavy atom. The van der Waals surface area contributed by atoms with Gasteiger partial charge in [-0.15, -0.1) is 0 Å². The fourth-order valence-corrected chi connectivity index (χ4v) is 3.92. The summed E-state index contributed by atoms with van der Waals surface area (Å²) in [5.74, 6) is -1.20. The second-order valence-electron chi connectivity index (χ2n) is 5.32. The minimum atomic E-state index is -3.60. The normalized spacial score (nSPS) is 17.8. The van der Waals surface area contributed by atoms with Gasteiger partial charge in [-0.05, 0) is 38.1 Å². The molecule has 1 aliphatic heterocycles. The van der Waals surface area contributed by atoms with Crippen LogP contribution in [0, 0.1) is 5.82 Å². The molecule has 0 unspecified atom stereocenters. The van der Waals surface area contributed by atoms with E-state index >= 15 is 0 Å². The van der Waals surface area contributed by atoms with E-state index in [1.807, 2.05) is 0 Å². The van der Waals surface area contributed by atoms with Gasteiger partial charge in [-0.3, -0.25) is 4.79 Å². The highest BCUT2D eigenvalue weighted by molar-refractivity contribution is 7.92. The lowest BCUT2D eigenvalue weighted by Crippen LogP contribution is -2.55. The van der Waals surface area contributed by atoms with Gasteiger partial charge in [-0.2, -0.15) is 0 Å². The van der Waals surface area contributed by atoms with Gasteiger partial charge in [-0.25, -0.2) is 12.8 Å². The Morgan fingerprint density at radius 3 is 2.50 bits per heavy atom. The summed E-state index contributed by atoms with van der Waals surface area (Å²) in [5, 5.41) is 5.54.